The van der Waals surface area contributed by atoms with Crippen LogP contribution in [0.4, 0.5) is 4.39 Å². The molecule has 0 aliphatic rings. The number of benzene rings is 1. The van der Waals surface area contributed by atoms with E-state index >= 15 is 0 Å². The zero-order valence-electron chi connectivity index (χ0n) is 10.0. The van der Waals surface area contributed by atoms with Gasteiger partial charge in [0.15, 0.2) is 0 Å². The minimum Gasteiger partial charge on any atom is -0.478 e. The lowest BCUT2D eigenvalue weighted by Gasteiger charge is -2.10. The van der Waals surface area contributed by atoms with E-state index in [9.17, 15) is 14.3 Å². The molecule has 1 aromatic carbocycles. The van der Waals surface area contributed by atoms with E-state index in [0.29, 0.717) is 16.8 Å². The maximum atomic E-state index is 13.4. The minimum absolute atomic E-state index is 0.0307. The van der Waals surface area contributed by atoms with Gasteiger partial charge in [-0.1, -0.05) is 23.7 Å². The molecule has 0 saturated heterocycles. The summed E-state index contributed by atoms with van der Waals surface area (Å²) in [6.07, 6.45) is 1.51. The molecule has 4 nitrogen and oxygen atoms in total. The van der Waals surface area contributed by atoms with Gasteiger partial charge in [0.05, 0.1) is 28.0 Å². The highest BCUT2D eigenvalue weighted by atomic mass is 35.5. The first-order valence-corrected chi connectivity index (χ1v) is 6.11. The maximum Gasteiger partial charge on any atom is 0.337 e. The van der Waals surface area contributed by atoms with Gasteiger partial charge in [-0.15, -0.1) is 0 Å². The molecule has 0 unspecified atom stereocenters. The van der Waals surface area contributed by atoms with Crippen molar-refractivity contribution >= 4 is 23.1 Å². The number of hydrogen-bond donors (Lipinski definition) is 1. The van der Waals surface area contributed by atoms with E-state index in [1.54, 1.807) is 12.1 Å². The molecule has 0 atom stereocenters. The van der Waals surface area contributed by atoms with Crippen molar-refractivity contribution in [3.63, 3.8) is 0 Å². The molecule has 0 spiro atoms. The summed E-state index contributed by atoms with van der Waals surface area (Å²) < 4.78 is 14.8. The average Bonchev–Trinajstić information content (AvgIpc) is 2.88. The number of carboxylic acid groups (broad SMARTS) is 1. The number of pyridine rings is 1. The van der Waals surface area contributed by atoms with Gasteiger partial charge in [-0.25, -0.2) is 13.7 Å². The second-order valence-electron chi connectivity index (χ2n) is 4.20. The van der Waals surface area contributed by atoms with Crippen LogP contribution in [0.15, 0.2) is 42.6 Å². The van der Waals surface area contributed by atoms with Crippen molar-refractivity contribution in [3.8, 4) is 11.3 Å². The topological polar surface area (TPSA) is 54.6 Å². The summed E-state index contributed by atoms with van der Waals surface area (Å²) in [5.41, 5.74) is 1.25. The van der Waals surface area contributed by atoms with Crippen molar-refractivity contribution in [3.05, 3.63) is 59.0 Å². The van der Waals surface area contributed by atoms with Gasteiger partial charge in [0.25, 0.3) is 0 Å². The molecule has 20 heavy (non-hydrogen) atoms. The van der Waals surface area contributed by atoms with E-state index in [2.05, 4.69) is 5.10 Å². The monoisotopic (exact) mass is 290 g/mol. The Hall–Kier alpha value is -2.40. The summed E-state index contributed by atoms with van der Waals surface area (Å²) >= 11 is 6.04. The number of aromatic carboxylic acids is 1. The van der Waals surface area contributed by atoms with Gasteiger partial charge in [-0.2, -0.15) is 5.10 Å². The molecule has 3 aromatic rings. The zero-order valence-corrected chi connectivity index (χ0v) is 10.8. The summed E-state index contributed by atoms with van der Waals surface area (Å²) in [6.45, 7) is 0. The largest absolute Gasteiger partial charge is 0.478 e. The number of carbonyl (C=O) groups is 1. The Balaban J connectivity index is 2.43. The average molecular weight is 291 g/mol. The predicted molar refractivity (Wildman–Crippen MR) is 72.6 cm³/mol. The normalized spacial score (nSPS) is 10.9. The van der Waals surface area contributed by atoms with E-state index in [4.69, 9.17) is 11.6 Å². The van der Waals surface area contributed by atoms with Crippen LogP contribution in [-0.2, 0) is 0 Å². The molecule has 6 heteroatoms. The second kappa shape index (κ2) is 4.61. The third-order valence-corrected chi connectivity index (χ3v) is 3.26. The molecule has 0 aliphatic carbocycles. The molecule has 0 radical (unpaired) electrons. The molecular formula is C14H8ClFN2O2. The molecule has 0 aliphatic heterocycles. The lowest BCUT2D eigenvalue weighted by Crippen LogP contribution is -2.06. The van der Waals surface area contributed by atoms with Crippen molar-refractivity contribution in [2.45, 2.75) is 0 Å². The van der Waals surface area contributed by atoms with Gasteiger partial charge in [0.2, 0.25) is 0 Å². The fourth-order valence-corrected chi connectivity index (χ4v) is 2.37. The van der Waals surface area contributed by atoms with Gasteiger partial charge in [0.1, 0.15) is 5.82 Å². The fourth-order valence-electron chi connectivity index (χ4n) is 2.12. The lowest BCUT2D eigenvalue weighted by molar-refractivity contribution is 0.0697. The molecule has 0 bridgehead atoms. The number of hydrogen-bond acceptors (Lipinski definition) is 2. The number of rotatable bonds is 2. The van der Waals surface area contributed by atoms with E-state index < -0.39 is 11.8 Å². The van der Waals surface area contributed by atoms with Crippen LogP contribution in [0.3, 0.4) is 0 Å². The molecule has 3 rings (SSSR count). The Morgan fingerprint density at radius 3 is 2.80 bits per heavy atom. The number of carboxylic acids is 1. The van der Waals surface area contributed by atoms with Crippen molar-refractivity contribution < 1.29 is 14.3 Å². The Morgan fingerprint density at radius 1 is 1.30 bits per heavy atom. The van der Waals surface area contributed by atoms with Crippen molar-refractivity contribution in [2.24, 2.45) is 0 Å². The molecule has 0 fully saturated rings. The number of nitrogens with zero attached hydrogens (tertiary/aromatic N) is 2. The van der Waals surface area contributed by atoms with Crippen LogP contribution in [0, 0.1) is 5.82 Å². The predicted octanol–water partition coefficient (Wildman–Crippen LogP) is 3.49. The highest BCUT2D eigenvalue weighted by Crippen LogP contribution is 2.30. The first-order valence-electron chi connectivity index (χ1n) is 5.73. The van der Waals surface area contributed by atoms with E-state index in [0.717, 1.165) is 0 Å². The number of halogens is 2. The lowest BCUT2D eigenvalue weighted by atomic mass is 10.1. The SMILES string of the molecule is O=C(O)c1cc(Cl)c2ccnn2c1-c1cccc(F)c1. The van der Waals surface area contributed by atoms with Crippen LogP contribution in [0.1, 0.15) is 10.4 Å². The van der Waals surface area contributed by atoms with Gasteiger partial charge in [-0.05, 0) is 24.3 Å². The molecule has 0 saturated carbocycles. The Labute approximate surface area is 118 Å². The molecular weight excluding hydrogens is 283 g/mol. The number of aromatic nitrogens is 2. The Bertz CT molecular complexity index is 829. The van der Waals surface area contributed by atoms with Gasteiger partial charge in [0, 0.05) is 5.56 Å². The van der Waals surface area contributed by atoms with E-state index in [1.165, 1.54) is 35.0 Å². The third kappa shape index (κ3) is 1.92. The summed E-state index contributed by atoms with van der Waals surface area (Å²) in [5, 5.41) is 13.7. The van der Waals surface area contributed by atoms with Crippen LogP contribution in [-0.4, -0.2) is 20.7 Å². The highest BCUT2D eigenvalue weighted by molar-refractivity contribution is 6.34. The van der Waals surface area contributed by atoms with Crippen LogP contribution < -0.4 is 0 Å². The van der Waals surface area contributed by atoms with Gasteiger partial charge >= 0.3 is 5.97 Å². The van der Waals surface area contributed by atoms with Crippen LogP contribution in [0.25, 0.3) is 16.8 Å². The third-order valence-electron chi connectivity index (χ3n) is 2.95. The highest BCUT2D eigenvalue weighted by Gasteiger charge is 2.19. The molecule has 2 aromatic heterocycles. The summed E-state index contributed by atoms with van der Waals surface area (Å²) in [5.74, 6) is -1.60. The summed E-state index contributed by atoms with van der Waals surface area (Å²) in [4.78, 5) is 11.4. The summed E-state index contributed by atoms with van der Waals surface area (Å²) in [6, 6.07) is 8.70. The Kier molecular flexibility index (Phi) is 2.91. The minimum atomic E-state index is -1.15. The maximum absolute atomic E-state index is 13.4. The number of fused-ring (bicyclic) bond motifs is 1. The van der Waals surface area contributed by atoms with Crippen molar-refractivity contribution in [1.29, 1.82) is 0 Å². The second-order valence-corrected chi connectivity index (χ2v) is 4.61. The standard InChI is InChI=1S/C14H8ClFN2O2/c15-11-7-10(14(19)20)13(18-12(11)4-5-17-18)8-2-1-3-9(16)6-8/h1-7H,(H,19,20). The Morgan fingerprint density at radius 2 is 2.10 bits per heavy atom. The van der Waals surface area contributed by atoms with Gasteiger partial charge in [-0.3, -0.25) is 0 Å². The van der Waals surface area contributed by atoms with Crippen molar-refractivity contribution in [1.82, 2.24) is 9.61 Å². The smallest absolute Gasteiger partial charge is 0.337 e. The first-order chi connectivity index (χ1) is 9.58. The molecule has 2 heterocycles. The van der Waals surface area contributed by atoms with E-state index in [1.807, 2.05) is 0 Å². The van der Waals surface area contributed by atoms with Crippen molar-refractivity contribution in [2.75, 3.05) is 0 Å². The van der Waals surface area contributed by atoms with Gasteiger partial charge < -0.3 is 5.11 Å². The summed E-state index contributed by atoms with van der Waals surface area (Å²) in [7, 11) is 0. The zero-order chi connectivity index (χ0) is 14.3. The van der Waals surface area contributed by atoms with Crippen LogP contribution in [0.2, 0.25) is 5.02 Å². The molecule has 100 valence electrons. The molecule has 0 amide bonds. The van der Waals surface area contributed by atoms with Crippen LogP contribution >= 0.6 is 11.6 Å². The molecule has 1 N–H and O–H groups in total. The quantitative estimate of drug-likeness (QED) is 0.786. The van der Waals surface area contributed by atoms with Crippen LogP contribution in [0.5, 0.6) is 0 Å². The fraction of sp³-hybridized carbons (Fsp3) is 0. The first kappa shape index (κ1) is 12.6. The van der Waals surface area contributed by atoms with E-state index in [-0.39, 0.29) is 10.6 Å².